The van der Waals surface area contributed by atoms with E-state index in [1.165, 1.54) is 30.2 Å². The summed E-state index contributed by atoms with van der Waals surface area (Å²) in [7, 11) is 0. The maximum Gasteiger partial charge on any atom is 0.262 e. The Bertz CT molecular complexity index is 939. The molecule has 1 aliphatic carbocycles. The first-order valence-corrected chi connectivity index (χ1v) is 11.2. The van der Waals surface area contributed by atoms with E-state index in [2.05, 4.69) is 16.4 Å². The summed E-state index contributed by atoms with van der Waals surface area (Å²) < 4.78 is 1.57. The molecule has 7 heteroatoms. The van der Waals surface area contributed by atoms with E-state index in [1.54, 1.807) is 16.7 Å². The maximum atomic E-state index is 12.9. The van der Waals surface area contributed by atoms with Crippen LogP contribution in [0.3, 0.4) is 0 Å². The van der Waals surface area contributed by atoms with Crippen LogP contribution in [-0.4, -0.2) is 39.0 Å². The minimum atomic E-state index is -0.372. The Morgan fingerprint density at radius 1 is 1.34 bits per heavy atom. The predicted molar refractivity (Wildman–Crippen MR) is 117 cm³/mol. The number of allylic oxidation sites excluding steroid dienone is 1. The molecule has 2 N–H and O–H groups in total. The van der Waals surface area contributed by atoms with Crippen LogP contribution in [0, 0.1) is 0 Å². The van der Waals surface area contributed by atoms with Gasteiger partial charge in [-0.2, -0.15) is 0 Å². The molecule has 6 nitrogen and oxygen atoms in total. The number of hydrogen-bond donors (Lipinski definition) is 2. The van der Waals surface area contributed by atoms with Gasteiger partial charge in [0.15, 0.2) is 5.16 Å². The number of nitrogens with zero attached hydrogens (tertiary/aromatic N) is 2. The fourth-order valence-electron chi connectivity index (χ4n) is 3.50. The van der Waals surface area contributed by atoms with Crippen molar-refractivity contribution in [1.82, 2.24) is 14.9 Å². The van der Waals surface area contributed by atoms with Gasteiger partial charge in [-0.3, -0.25) is 14.2 Å². The first-order chi connectivity index (χ1) is 14.1. The average Bonchev–Trinajstić information content (AvgIpc) is 2.74. The largest absolute Gasteiger partial charge is 0.396 e. The SMILES string of the molecule is C[C@H](Sc1nc2ccccc2c(=O)n1CCCO)C(=O)NCCC1=CCCCC1. The van der Waals surface area contributed by atoms with E-state index in [4.69, 9.17) is 0 Å². The number of carbonyl (C=O) groups is 1. The Morgan fingerprint density at radius 3 is 2.93 bits per heavy atom. The number of carbonyl (C=O) groups excluding carboxylic acids is 1. The monoisotopic (exact) mass is 415 g/mol. The van der Waals surface area contributed by atoms with Crippen molar-refractivity contribution in [3.63, 3.8) is 0 Å². The van der Waals surface area contributed by atoms with Crippen molar-refractivity contribution < 1.29 is 9.90 Å². The van der Waals surface area contributed by atoms with Crippen LogP contribution >= 0.6 is 11.8 Å². The summed E-state index contributed by atoms with van der Waals surface area (Å²) >= 11 is 1.29. The highest BCUT2D eigenvalue weighted by atomic mass is 32.2. The van der Waals surface area contributed by atoms with Gasteiger partial charge in [0.2, 0.25) is 5.91 Å². The Kier molecular flexibility index (Phi) is 7.89. The first-order valence-electron chi connectivity index (χ1n) is 10.3. The fraction of sp³-hybridized carbons (Fsp3) is 0.500. The summed E-state index contributed by atoms with van der Waals surface area (Å²) in [6.07, 6.45) is 8.45. The highest BCUT2D eigenvalue weighted by Crippen LogP contribution is 2.23. The second kappa shape index (κ2) is 10.6. The number of para-hydroxylation sites is 1. The van der Waals surface area contributed by atoms with Crippen LogP contribution in [0.1, 0.15) is 45.4 Å². The zero-order valence-electron chi connectivity index (χ0n) is 16.9. The van der Waals surface area contributed by atoms with Crippen molar-refractivity contribution in [2.24, 2.45) is 0 Å². The lowest BCUT2D eigenvalue weighted by Crippen LogP contribution is -2.33. The van der Waals surface area contributed by atoms with Crippen molar-refractivity contribution in [2.45, 2.75) is 62.4 Å². The highest BCUT2D eigenvalue weighted by molar-refractivity contribution is 8.00. The van der Waals surface area contributed by atoms with Gasteiger partial charge in [-0.25, -0.2) is 4.98 Å². The average molecular weight is 416 g/mol. The molecular formula is C22H29N3O3S. The van der Waals surface area contributed by atoms with Crippen molar-refractivity contribution >= 4 is 28.6 Å². The van der Waals surface area contributed by atoms with Gasteiger partial charge in [-0.15, -0.1) is 0 Å². The van der Waals surface area contributed by atoms with Gasteiger partial charge in [0.1, 0.15) is 0 Å². The zero-order valence-corrected chi connectivity index (χ0v) is 17.7. The number of rotatable bonds is 9. The number of fused-ring (bicyclic) bond motifs is 1. The number of aliphatic hydroxyl groups is 1. The van der Waals surface area contributed by atoms with Gasteiger partial charge in [-0.1, -0.05) is 35.5 Å². The Hall–Kier alpha value is -2.12. The van der Waals surface area contributed by atoms with E-state index in [-0.39, 0.29) is 23.3 Å². The summed E-state index contributed by atoms with van der Waals surface area (Å²) in [6.45, 7) is 2.84. The van der Waals surface area contributed by atoms with Crippen LogP contribution in [0.5, 0.6) is 0 Å². The normalized spacial score (nSPS) is 15.2. The second-order valence-corrected chi connectivity index (χ2v) is 8.66. The van der Waals surface area contributed by atoms with Crippen LogP contribution in [0.4, 0.5) is 0 Å². The summed E-state index contributed by atoms with van der Waals surface area (Å²) in [6, 6.07) is 7.22. The standard InChI is InChI=1S/C22H29N3O3S/c1-16(20(27)23-13-12-17-8-3-2-4-9-17)29-22-24-19-11-6-5-10-18(19)21(28)25(22)14-7-15-26/h5-6,8,10-11,16,26H,2-4,7,9,12-15H2,1H3,(H,23,27)/t16-/m0/s1. The van der Waals surface area contributed by atoms with Gasteiger partial charge in [0.25, 0.3) is 5.56 Å². The number of amides is 1. The molecule has 0 radical (unpaired) electrons. The summed E-state index contributed by atoms with van der Waals surface area (Å²) in [5.41, 5.74) is 1.92. The third-order valence-corrected chi connectivity index (χ3v) is 6.24. The smallest absolute Gasteiger partial charge is 0.262 e. The van der Waals surface area contributed by atoms with Crippen LogP contribution in [0.25, 0.3) is 10.9 Å². The van der Waals surface area contributed by atoms with Crippen molar-refractivity contribution in [3.05, 3.63) is 46.3 Å². The molecule has 0 saturated heterocycles. The number of nitrogens with one attached hydrogen (secondary N) is 1. The van der Waals surface area contributed by atoms with E-state index < -0.39 is 0 Å². The lowest BCUT2D eigenvalue weighted by Gasteiger charge is -2.17. The van der Waals surface area contributed by atoms with Gasteiger partial charge < -0.3 is 10.4 Å². The van der Waals surface area contributed by atoms with Gasteiger partial charge in [-0.05, 0) is 57.6 Å². The van der Waals surface area contributed by atoms with Crippen molar-refractivity contribution in [1.29, 1.82) is 0 Å². The molecule has 0 fully saturated rings. The lowest BCUT2D eigenvalue weighted by molar-refractivity contribution is -0.120. The minimum Gasteiger partial charge on any atom is -0.396 e. The van der Waals surface area contributed by atoms with Crippen LogP contribution in [0.15, 0.2) is 45.9 Å². The Balaban J connectivity index is 1.69. The summed E-state index contributed by atoms with van der Waals surface area (Å²) in [5, 5.41) is 12.9. The number of aromatic nitrogens is 2. The van der Waals surface area contributed by atoms with E-state index in [1.807, 2.05) is 19.1 Å². The number of aliphatic hydroxyl groups excluding tert-OH is 1. The zero-order chi connectivity index (χ0) is 20.6. The third-order valence-electron chi connectivity index (χ3n) is 5.15. The molecule has 2 aromatic rings. The molecule has 0 unspecified atom stereocenters. The number of thioether (sulfide) groups is 1. The molecule has 0 saturated carbocycles. The molecule has 1 aromatic heterocycles. The highest BCUT2D eigenvalue weighted by Gasteiger charge is 2.19. The molecule has 1 aliphatic rings. The van der Waals surface area contributed by atoms with E-state index >= 15 is 0 Å². The van der Waals surface area contributed by atoms with Gasteiger partial charge >= 0.3 is 0 Å². The molecule has 1 amide bonds. The topological polar surface area (TPSA) is 84.2 Å². The third kappa shape index (κ3) is 5.70. The molecule has 29 heavy (non-hydrogen) atoms. The Morgan fingerprint density at radius 2 is 2.17 bits per heavy atom. The van der Waals surface area contributed by atoms with E-state index in [9.17, 15) is 14.7 Å². The number of hydrogen-bond acceptors (Lipinski definition) is 5. The van der Waals surface area contributed by atoms with Crippen molar-refractivity contribution in [2.75, 3.05) is 13.2 Å². The molecule has 156 valence electrons. The molecule has 1 heterocycles. The van der Waals surface area contributed by atoms with Crippen LogP contribution in [0.2, 0.25) is 0 Å². The second-order valence-electron chi connectivity index (χ2n) is 7.35. The molecule has 3 rings (SSSR count). The van der Waals surface area contributed by atoms with Gasteiger partial charge in [0, 0.05) is 19.7 Å². The first kappa shape index (κ1) is 21.6. The molecular weight excluding hydrogens is 386 g/mol. The van der Waals surface area contributed by atoms with E-state index in [0.29, 0.717) is 35.6 Å². The lowest BCUT2D eigenvalue weighted by atomic mass is 9.97. The molecule has 1 atom stereocenters. The minimum absolute atomic E-state index is 0.00470. The predicted octanol–water partition coefficient (Wildman–Crippen LogP) is 3.27. The van der Waals surface area contributed by atoms with Crippen molar-refractivity contribution in [3.8, 4) is 0 Å². The molecule has 0 bridgehead atoms. The number of benzene rings is 1. The van der Waals surface area contributed by atoms with Gasteiger partial charge in [0.05, 0.1) is 16.2 Å². The molecule has 0 aliphatic heterocycles. The fourth-order valence-corrected chi connectivity index (χ4v) is 4.46. The maximum absolute atomic E-state index is 12.9. The van der Waals surface area contributed by atoms with Crippen LogP contribution < -0.4 is 10.9 Å². The summed E-state index contributed by atoms with van der Waals surface area (Å²) in [4.78, 5) is 30.1. The summed E-state index contributed by atoms with van der Waals surface area (Å²) in [5.74, 6) is -0.0532. The van der Waals surface area contributed by atoms with E-state index in [0.717, 1.165) is 19.3 Å². The Labute approximate surface area is 175 Å². The molecule has 1 aromatic carbocycles. The molecule has 0 spiro atoms. The van der Waals surface area contributed by atoms with Crippen LogP contribution in [-0.2, 0) is 11.3 Å². The quantitative estimate of drug-likeness (QED) is 0.373.